The molecule has 2 rings (SSSR count). The van der Waals surface area contributed by atoms with Gasteiger partial charge in [-0.15, -0.1) is 4.83 Å². The van der Waals surface area contributed by atoms with Gasteiger partial charge in [0, 0.05) is 31.7 Å². The first-order chi connectivity index (χ1) is 9.87. The van der Waals surface area contributed by atoms with Gasteiger partial charge in [-0.1, -0.05) is 36.5 Å². The first-order valence-corrected chi connectivity index (χ1v) is 8.75. The minimum Gasteiger partial charge on any atom is -0.389 e. The number of benzene rings is 1. The van der Waals surface area contributed by atoms with Gasteiger partial charge in [-0.2, -0.15) is 0 Å². The molecule has 21 heavy (non-hydrogen) atoms. The topological polar surface area (TPSA) is 78.7 Å². The lowest BCUT2D eigenvalue weighted by Gasteiger charge is -2.32. The van der Waals surface area contributed by atoms with Crippen molar-refractivity contribution in [2.75, 3.05) is 33.2 Å². The van der Waals surface area contributed by atoms with E-state index in [0.29, 0.717) is 24.2 Å². The smallest absolute Gasteiger partial charge is 0.228 e. The third-order valence-corrected chi connectivity index (χ3v) is 4.85. The van der Waals surface area contributed by atoms with Crippen LogP contribution in [0.5, 0.6) is 0 Å². The zero-order valence-corrected chi connectivity index (χ0v) is 13.6. The quantitative estimate of drug-likeness (QED) is 0.735. The van der Waals surface area contributed by atoms with Crippen LogP contribution in [0.2, 0.25) is 0 Å². The summed E-state index contributed by atoms with van der Waals surface area (Å²) in [4.78, 5) is 4.99. The van der Waals surface area contributed by atoms with Crippen molar-refractivity contribution in [1.82, 2.24) is 14.7 Å². The Kier molecular flexibility index (Phi) is 5.28. The molecule has 0 unspecified atom stereocenters. The van der Waals surface area contributed by atoms with Gasteiger partial charge in [-0.3, -0.25) is 0 Å². The molecule has 0 amide bonds. The number of rotatable bonds is 5. The summed E-state index contributed by atoms with van der Waals surface area (Å²) in [5.41, 5.74) is 6.86. The number of nitrogens with one attached hydrogen (secondary N) is 1. The lowest BCUT2D eigenvalue weighted by Crippen LogP contribution is -2.52. The van der Waals surface area contributed by atoms with Gasteiger partial charge in [-0.05, 0) is 12.6 Å². The summed E-state index contributed by atoms with van der Waals surface area (Å²) in [5, 5.41) is 1.73. The number of hydrogen-bond acceptors (Lipinski definition) is 5. The van der Waals surface area contributed by atoms with E-state index in [1.54, 1.807) is 29.3 Å². The van der Waals surface area contributed by atoms with E-state index < -0.39 is 10.0 Å². The molecule has 0 aromatic heterocycles. The highest BCUT2D eigenvalue weighted by Crippen LogP contribution is 2.12. The first kappa shape index (κ1) is 16.3. The summed E-state index contributed by atoms with van der Waals surface area (Å²) in [6.07, 6.45) is 0. The second-order valence-corrected chi connectivity index (χ2v) is 7.30. The molecule has 0 saturated carbocycles. The van der Waals surface area contributed by atoms with E-state index in [0.717, 1.165) is 13.1 Å². The summed E-state index contributed by atoms with van der Waals surface area (Å²) in [6.45, 7) is 3.03. The molecule has 0 atom stereocenters. The van der Waals surface area contributed by atoms with Crippen molar-refractivity contribution in [3.63, 3.8) is 0 Å². The molecule has 1 aliphatic heterocycles. The number of likely N-dealkylation sites (N-methyl/N-ethyl adjacent to an activating group) is 1. The van der Waals surface area contributed by atoms with Crippen LogP contribution in [-0.2, 0) is 15.8 Å². The zero-order valence-electron chi connectivity index (χ0n) is 11.9. The number of piperazine rings is 1. The number of nitrogens with two attached hydrogens (primary N) is 1. The summed E-state index contributed by atoms with van der Waals surface area (Å²) < 4.78 is 24.5. The number of sulfonamides is 1. The van der Waals surface area contributed by atoms with Gasteiger partial charge in [0.15, 0.2) is 0 Å². The van der Waals surface area contributed by atoms with E-state index in [1.165, 1.54) is 0 Å². The third-order valence-electron chi connectivity index (χ3n) is 3.40. The van der Waals surface area contributed by atoms with Crippen LogP contribution in [0.4, 0.5) is 0 Å². The van der Waals surface area contributed by atoms with Crippen LogP contribution < -0.4 is 10.6 Å². The van der Waals surface area contributed by atoms with Crippen LogP contribution in [-0.4, -0.2) is 56.5 Å². The average Bonchev–Trinajstić information content (AvgIpc) is 2.41. The molecule has 1 heterocycles. The molecule has 6 nitrogen and oxygen atoms in total. The van der Waals surface area contributed by atoms with Crippen LogP contribution in [0.1, 0.15) is 11.1 Å². The normalized spacial score (nSPS) is 17.8. The highest BCUT2D eigenvalue weighted by atomic mass is 32.2. The van der Waals surface area contributed by atoms with Crippen molar-refractivity contribution >= 4 is 27.2 Å². The molecule has 1 aliphatic rings. The van der Waals surface area contributed by atoms with Crippen molar-refractivity contribution < 1.29 is 8.42 Å². The molecule has 3 N–H and O–H groups in total. The summed E-state index contributed by atoms with van der Waals surface area (Å²) in [6, 6.07) is 7.04. The molecule has 0 radical (unpaired) electrons. The predicted octanol–water partition coefficient (Wildman–Crippen LogP) is -0.0974. The number of nitrogens with zero attached hydrogens (tertiary/aromatic N) is 2. The van der Waals surface area contributed by atoms with E-state index in [2.05, 4.69) is 9.73 Å². The number of hydrogen-bond donors (Lipinski definition) is 2. The van der Waals surface area contributed by atoms with E-state index in [4.69, 9.17) is 18.0 Å². The predicted molar refractivity (Wildman–Crippen MR) is 87.2 cm³/mol. The van der Waals surface area contributed by atoms with Crippen LogP contribution in [0.3, 0.4) is 0 Å². The largest absolute Gasteiger partial charge is 0.389 e. The van der Waals surface area contributed by atoms with Gasteiger partial charge in [0.25, 0.3) is 0 Å². The van der Waals surface area contributed by atoms with Crippen molar-refractivity contribution in [2.45, 2.75) is 5.75 Å². The standard InChI is InChI=1S/C13H20N4O2S2/c1-16-6-8-17(9-7-16)15-21(18,19)10-11-4-2-3-5-12(11)13(14)20/h2-5,15H,6-10H2,1H3,(H2,14,20). The van der Waals surface area contributed by atoms with Gasteiger partial charge in [-0.25, -0.2) is 13.4 Å². The second-order valence-electron chi connectivity index (χ2n) is 5.16. The van der Waals surface area contributed by atoms with Crippen LogP contribution >= 0.6 is 12.2 Å². The van der Waals surface area contributed by atoms with Gasteiger partial charge in [0.1, 0.15) is 4.99 Å². The zero-order chi connectivity index (χ0) is 15.5. The fourth-order valence-corrected chi connectivity index (χ4v) is 3.72. The second kappa shape index (κ2) is 6.80. The third kappa shape index (κ3) is 4.72. The van der Waals surface area contributed by atoms with Crippen LogP contribution in [0, 0.1) is 0 Å². The SMILES string of the molecule is CN1CCN(NS(=O)(=O)Cc2ccccc2C(N)=S)CC1. The van der Waals surface area contributed by atoms with Crippen molar-refractivity contribution in [2.24, 2.45) is 5.73 Å². The molecular weight excluding hydrogens is 308 g/mol. The van der Waals surface area contributed by atoms with E-state index in [-0.39, 0.29) is 10.7 Å². The van der Waals surface area contributed by atoms with Gasteiger partial charge in [0.2, 0.25) is 10.0 Å². The maximum atomic E-state index is 12.3. The van der Waals surface area contributed by atoms with Crippen molar-refractivity contribution in [1.29, 1.82) is 0 Å². The Hall–Kier alpha value is -1.06. The van der Waals surface area contributed by atoms with Crippen LogP contribution in [0.15, 0.2) is 24.3 Å². The molecule has 8 heteroatoms. The molecular formula is C13H20N4O2S2. The summed E-state index contributed by atoms with van der Waals surface area (Å²) in [5.74, 6) is -0.132. The molecule has 1 aromatic rings. The molecule has 1 saturated heterocycles. The molecule has 0 spiro atoms. The van der Waals surface area contributed by atoms with E-state index in [1.807, 2.05) is 7.05 Å². The molecule has 116 valence electrons. The van der Waals surface area contributed by atoms with Crippen molar-refractivity contribution in [3.05, 3.63) is 35.4 Å². The lowest BCUT2D eigenvalue weighted by molar-refractivity contribution is 0.134. The Bertz CT molecular complexity index is 610. The Morgan fingerprint density at radius 1 is 1.29 bits per heavy atom. The minimum atomic E-state index is -3.47. The van der Waals surface area contributed by atoms with E-state index >= 15 is 0 Å². The summed E-state index contributed by atoms with van der Waals surface area (Å²) >= 11 is 4.96. The first-order valence-electron chi connectivity index (χ1n) is 6.69. The Balaban J connectivity index is 2.06. The maximum absolute atomic E-state index is 12.3. The Labute approximate surface area is 130 Å². The molecule has 0 bridgehead atoms. The fraction of sp³-hybridized carbons (Fsp3) is 0.462. The van der Waals surface area contributed by atoms with E-state index in [9.17, 15) is 8.42 Å². The lowest BCUT2D eigenvalue weighted by atomic mass is 10.1. The van der Waals surface area contributed by atoms with Gasteiger partial charge < -0.3 is 10.6 Å². The Morgan fingerprint density at radius 3 is 2.52 bits per heavy atom. The fourth-order valence-electron chi connectivity index (χ4n) is 2.22. The maximum Gasteiger partial charge on any atom is 0.228 e. The number of hydrazine groups is 1. The average molecular weight is 328 g/mol. The highest BCUT2D eigenvalue weighted by Gasteiger charge is 2.21. The number of thiocarbonyl (C=S) groups is 1. The molecule has 1 fully saturated rings. The van der Waals surface area contributed by atoms with Crippen LogP contribution in [0.25, 0.3) is 0 Å². The van der Waals surface area contributed by atoms with Crippen molar-refractivity contribution in [3.8, 4) is 0 Å². The van der Waals surface area contributed by atoms with Gasteiger partial charge >= 0.3 is 0 Å². The minimum absolute atomic E-state index is 0.132. The summed E-state index contributed by atoms with van der Waals surface area (Å²) in [7, 11) is -1.45. The molecule has 1 aromatic carbocycles. The molecule has 0 aliphatic carbocycles. The monoisotopic (exact) mass is 328 g/mol. The highest BCUT2D eigenvalue weighted by molar-refractivity contribution is 7.88. The van der Waals surface area contributed by atoms with Gasteiger partial charge in [0.05, 0.1) is 5.75 Å². The Morgan fingerprint density at radius 2 is 1.90 bits per heavy atom.